The molecule has 0 spiro atoms. The van der Waals surface area contributed by atoms with Crippen LogP contribution in [0.15, 0.2) is 12.1 Å². The number of nitrogens with one attached hydrogen (secondary N) is 2. The minimum Gasteiger partial charge on any atom is -0.490 e. The number of hydrogen-bond donors (Lipinski definition) is 2. The van der Waals surface area contributed by atoms with E-state index in [-0.39, 0.29) is 24.4 Å². The summed E-state index contributed by atoms with van der Waals surface area (Å²) in [7, 11) is 0. The Morgan fingerprint density at radius 2 is 2.17 bits per heavy atom. The zero-order valence-corrected chi connectivity index (χ0v) is 15.8. The topological polar surface area (TPSA) is 59.6 Å². The van der Waals surface area contributed by atoms with E-state index in [0.717, 1.165) is 32.4 Å². The first-order valence-corrected chi connectivity index (χ1v) is 8.64. The SMILES string of the molecule is CCCOc1c(Cl)cc(C(=O)NC2CCCNC2)cc1OCC.Cl. The van der Waals surface area contributed by atoms with Crippen molar-refractivity contribution >= 4 is 29.9 Å². The van der Waals surface area contributed by atoms with E-state index in [4.69, 9.17) is 21.1 Å². The maximum absolute atomic E-state index is 12.5. The van der Waals surface area contributed by atoms with Crippen LogP contribution in [-0.2, 0) is 0 Å². The minimum atomic E-state index is -0.136. The first kappa shape index (κ1) is 20.9. The number of hydrogen-bond acceptors (Lipinski definition) is 4. The number of piperidine rings is 1. The Labute approximate surface area is 154 Å². The minimum absolute atomic E-state index is 0. The van der Waals surface area contributed by atoms with Crippen LogP contribution in [0.3, 0.4) is 0 Å². The number of benzene rings is 1. The van der Waals surface area contributed by atoms with Gasteiger partial charge in [0, 0.05) is 18.2 Å². The van der Waals surface area contributed by atoms with Crippen LogP contribution in [0.4, 0.5) is 0 Å². The molecule has 1 aliphatic rings. The summed E-state index contributed by atoms with van der Waals surface area (Å²) in [5.74, 6) is 0.884. The fourth-order valence-electron chi connectivity index (χ4n) is 2.55. The van der Waals surface area contributed by atoms with Gasteiger partial charge < -0.3 is 20.1 Å². The van der Waals surface area contributed by atoms with Crippen molar-refractivity contribution in [1.29, 1.82) is 0 Å². The molecule has 0 radical (unpaired) electrons. The summed E-state index contributed by atoms with van der Waals surface area (Å²) in [4.78, 5) is 12.5. The molecular formula is C17H26Cl2N2O3. The van der Waals surface area contributed by atoms with Gasteiger partial charge in [-0.05, 0) is 44.9 Å². The van der Waals surface area contributed by atoms with Gasteiger partial charge in [-0.15, -0.1) is 12.4 Å². The molecule has 2 N–H and O–H groups in total. The molecule has 1 amide bonds. The van der Waals surface area contributed by atoms with E-state index >= 15 is 0 Å². The number of halogens is 2. The summed E-state index contributed by atoms with van der Waals surface area (Å²) in [5.41, 5.74) is 0.493. The zero-order valence-electron chi connectivity index (χ0n) is 14.2. The van der Waals surface area contributed by atoms with Crippen LogP contribution in [0.25, 0.3) is 0 Å². The van der Waals surface area contributed by atoms with Gasteiger partial charge in [0.2, 0.25) is 0 Å². The second-order valence-electron chi connectivity index (χ2n) is 5.58. The van der Waals surface area contributed by atoms with Gasteiger partial charge >= 0.3 is 0 Å². The number of carbonyl (C=O) groups excluding carboxylic acids is 1. The van der Waals surface area contributed by atoms with Crippen molar-refractivity contribution in [2.45, 2.75) is 39.2 Å². The van der Waals surface area contributed by atoms with Gasteiger partial charge in [0.05, 0.1) is 18.2 Å². The first-order valence-electron chi connectivity index (χ1n) is 8.26. The highest BCUT2D eigenvalue weighted by Gasteiger charge is 2.20. The van der Waals surface area contributed by atoms with Gasteiger partial charge in [0.1, 0.15) is 0 Å². The third-order valence-electron chi connectivity index (χ3n) is 3.65. The van der Waals surface area contributed by atoms with Gasteiger partial charge in [-0.2, -0.15) is 0 Å². The predicted molar refractivity (Wildman–Crippen MR) is 99.0 cm³/mol. The Kier molecular flexibility index (Phi) is 9.26. The van der Waals surface area contributed by atoms with Crippen molar-refractivity contribution < 1.29 is 14.3 Å². The number of amides is 1. The lowest BCUT2D eigenvalue weighted by Gasteiger charge is -2.24. The Balaban J connectivity index is 0.00000288. The summed E-state index contributed by atoms with van der Waals surface area (Å²) in [6, 6.07) is 3.49. The van der Waals surface area contributed by atoms with Crippen LogP contribution in [0, 0.1) is 0 Å². The lowest BCUT2D eigenvalue weighted by Crippen LogP contribution is -2.45. The van der Waals surface area contributed by atoms with Crippen LogP contribution in [0.5, 0.6) is 11.5 Å². The number of ether oxygens (including phenoxy) is 2. The Morgan fingerprint density at radius 3 is 2.79 bits per heavy atom. The molecule has 0 saturated carbocycles. The summed E-state index contributed by atoms with van der Waals surface area (Å²) < 4.78 is 11.2. The molecule has 5 nitrogen and oxygen atoms in total. The first-order chi connectivity index (χ1) is 11.2. The fraction of sp³-hybridized carbons (Fsp3) is 0.588. The molecule has 0 aliphatic carbocycles. The molecule has 2 rings (SSSR count). The molecule has 1 saturated heterocycles. The van der Waals surface area contributed by atoms with Crippen LogP contribution in [-0.4, -0.2) is 38.3 Å². The zero-order chi connectivity index (χ0) is 16.7. The maximum Gasteiger partial charge on any atom is 0.251 e. The summed E-state index contributed by atoms with van der Waals surface area (Å²) in [6.07, 6.45) is 2.93. The average Bonchev–Trinajstić information content (AvgIpc) is 2.55. The monoisotopic (exact) mass is 376 g/mol. The van der Waals surface area contributed by atoms with Crippen LogP contribution < -0.4 is 20.1 Å². The third-order valence-corrected chi connectivity index (χ3v) is 3.93. The predicted octanol–water partition coefficient (Wildman–Crippen LogP) is 3.43. The number of carbonyl (C=O) groups is 1. The molecule has 1 fully saturated rings. The van der Waals surface area contributed by atoms with Crippen LogP contribution in [0.2, 0.25) is 5.02 Å². The van der Waals surface area contributed by atoms with Crippen molar-refractivity contribution in [2.24, 2.45) is 0 Å². The second kappa shape index (κ2) is 10.6. The van der Waals surface area contributed by atoms with Crippen molar-refractivity contribution in [3.05, 3.63) is 22.7 Å². The van der Waals surface area contributed by atoms with E-state index in [1.165, 1.54) is 0 Å². The normalized spacial score (nSPS) is 16.9. The Morgan fingerprint density at radius 1 is 1.38 bits per heavy atom. The third kappa shape index (κ3) is 5.72. The lowest BCUT2D eigenvalue weighted by atomic mass is 10.1. The van der Waals surface area contributed by atoms with Crippen molar-refractivity contribution in [3.63, 3.8) is 0 Å². The van der Waals surface area contributed by atoms with Crippen LogP contribution >= 0.6 is 24.0 Å². The highest BCUT2D eigenvalue weighted by Crippen LogP contribution is 2.36. The summed E-state index contributed by atoms with van der Waals surface area (Å²) >= 11 is 6.30. The van der Waals surface area contributed by atoms with Gasteiger partial charge in [-0.3, -0.25) is 4.79 Å². The number of rotatable bonds is 7. The fourth-order valence-corrected chi connectivity index (χ4v) is 2.82. The van der Waals surface area contributed by atoms with E-state index in [0.29, 0.717) is 35.3 Å². The second-order valence-corrected chi connectivity index (χ2v) is 5.99. The van der Waals surface area contributed by atoms with Crippen molar-refractivity contribution in [2.75, 3.05) is 26.3 Å². The molecule has 1 heterocycles. The molecular weight excluding hydrogens is 351 g/mol. The van der Waals surface area contributed by atoms with Crippen LogP contribution in [0.1, 0.15) is 43.5 Å². The Bertz CT molecular complexity index is 535. The van der Waals surface area contributed by atoms with Gasteiger partial charge in [-0.1, -0.05) is 18.5 Å². The van der Waals surface area contributed by atoms with Crippen molar-refractivity contribution in [1.82, 2.24) is 10.6 Å². The molecule has 1 aromatic carbocycles. The molecule has 1 unspecified atom stereocenters. The smallest absolute Gasteiger partial charge is 0.251 e. The van der Waals surface area contributed by atoms with Gasteiger partial charge in [-0.25, -0.2) is 0 Å². The standard InChI is InChI=1S/C17H25ClN2O3.ClH/c1-3-8-23-16-14(18)9-12(10-15(16)22-4-2)17(21)20-13-6-5-7-19-11-13;/h9-10,13,19H,3-8,11H2,1-2H3,(H,20,21);1H. The van der Waals surface area contributed by atoms with E-state index in [1.807, 2.05) is 13.8 Å². The largest absolute Gasteiger partial charge is 0.490 e. The molecule has 136 valence electrons. The molecule has 7 heteroatoms. The molecule has 0 bridgehead atoms. The molecule has 1 aliphatic heterocycles. The van der Waals surface area contributed by atoms with E-state index in [1.54, 1.807) is 12.1 Å². The van der Waals surface area contributed by atoms with Crippen molar-refractivity contribution in [3.8, 4) is 11.5 Å². The average molecular weight is 377 g/mol. The van der Waals surface area contributed by atoms with E-state index < -0.39 is 0 Å². The van der Waals surface area contributed by atoms with E-state index in [2.05, 4.69) is 10.6 Å². The summed E-state index contributed by atoms with van der Waals surface area (Å²) in [6.45, 7) is 6.76. The molecule has 0 aromatic heterocycles. The van der Waals surface area contributed by atoms with Gasteiger partial charge in [0.15, 0.2) is 11.5 Å². The van der Waals surface area contributed by atoms with E-state index in [9.17, 15) is 4.79 Å². The molecule has 1 aromatic rings. The highest BCUT2D eigenvalue weighted by molar-refractivity contribution is 6.32. The highest BCUT2D eigenvalue weighted by atomic mass is 35.5. The van der Waals surface area contributed by atoms with Gasteiger partial charge in [0.25, 0.3) is 5.91 Å². The summed E-state index contributed by atoms with van der Waals surface area (Å²) in [5, 5.41) is 6.72. The maximum atomic E-state index is 12.5. The Hall–Kier alpha value is -1.17. The quantitative estimate of drug-likeness (QED) is 0.765. The lowest BCUT2D eigenvalue weighted by molar-refractivity contribution is 0.0930. The molecule has 24 heavy (non-hydrogen) atoms. The molecule has 1 atom stereocenters.